The van der Waals surface area contributed by atoms with E-state index in [0.29, 0.717) is 32.2 Å². The van der Waals surface area contributed by atoms with Gasteiger partial charge in [0, 0.05) is 18.9 Å². The Hall–Kier alpha value is -3.39. The van der Waals surface area contributed by atoms with E-state index in [-0.39, 0.29) is 26.2 Å². The summed E-state index contributed by atoms with van der Waals surface area (Å²) in [4.78, 5) is 26.9. The van der Waals surface area contributed by atoms with Gasteiger partial charge < -0.3 is 40.6 Å². The number of nitrogens with one attached hydrogen (secondary N) is 2. The molecule has 1 aliphatic carbocycles. The summed E-state index contributed by atoms with van der Waals surface area (Å²) >= 11 is 0. The average molecular weight is 522 g/mol. The highest BCUT2D eigenvalue weighted by Crippen LogP contribution is 2.45. The number of hydroxylamine groups is 6. The highest BCUT2D eigenvalue weighted by molar-refractivity contribution is 6.33. The van der Waals surface area contributed by atoms with Crippen LogP contribution >= 0.6 is 0 Å². The number of likely N-dealkylation sites (tertiary alicyclic amines) is 2. The van der Waals surface area contributed by atoms with Gasteiger partial charge in [-0.1, -0.05) is 0 Å². The summed E-state index contributed by atoms with van der Waals surface area (Å²) in [5.41, 5.74) is -4.34. The van der Waals surface area contributed by atoms with E-state index < -0.39 is 83.4 Å². The summed E-state index contributed by atoms with van der Waals surface area (Å²) in [7, 11) is 0. The first-order chi connectivity index (χ1) is 17.5. The maximum absolute atomic E-state index is 15.4. The molecule has 0 spiro atoms. The zero-order valence-electron chi connectivity index (χ0n) is 19.7. The van der Waals surface area contributed by atoms with Crippen molar-refractivity contribution in [3.05, 3.63) is 56.2 Å². The Morgan fingerprint density at radius 3 is 1.59 bits per heavy atom. The zero-order valence-corrected chi connectivity index (χ0v) is 19.7. The molecule has 0 saturated carbocycles. The van der Waals surface area contributed by atoms with Gasteiger partial charge >= 0.3 is 0 Å². The molecule has 2 aromatic carbocycles. The Morgan fingerprint density at radius 2 is 1.19 bits per heavy atom. The van der Waals surface area contributed by atoms with Crippen molar-refractivity contribution in [2.75, 3.05) is 63.0 Å². The van der Waals surface area contributed by atoms with Gasteiger partial charge in [0.15, 0.2) is 23.2 Å². The number of anilines is 2. The van der Waals surface area contributed by atoms with Crippen LogP contribution in [0.3, 0.4) is 0 Å². The molecular formula is C24H25F3N4O6. The summed E-state index contributed by atoms with van der Waals surface area (Å²) in [5, 5.41) is 50.2. The molecule has 2 heterocycles. The fourth-order valence-corrected chi connectivity index (χ4v) is 5.04. The van der Waals surface area contributed by atoms with E-state index in [2.05, 4.69) is 10.6 Å². The molecule has 13 heteroatoms. The lowest BCUT2D eigenvalue weighted by Crippen LogP contribution is -2.55. The molecule has 198 valence electrons. The molecule has 3 aliphatic rings. The van der Waals surface area contributed by atoms with Crippen LogP contribution in [0.4, 0.5) is 24.5 Å². The van der Waals surface area contributed by atoms with Crippen molar-refractivity contribution in [2.24, 2.45) is 0 Å². The van der Waals surface area contributed by atoms with Crippen molar-refractivity contribution >= 4 is 22.9 Å². The first kappa shape index (κ1) is 25.3. The van der Waals surface area contributed by atoms with Gasteiger partial charge in [0.25, 0.3) is 0 Å². The molecule has 5 rings (SSSR count). The van der Waals surface area contributed by atoms with Crippen molar-refractivity contribution in [3.63, 3.8) is 0 Å². The Morgan fingerprint density at radius 1 is 0.757 bits per heavy atom. The number of rotatable bonds is 8. The third-order valence-corrected chi connectivity index (χ3v) is 7.43. The van der Waals surface area contributed by atoms with Gasteiger partial charge in [-0.2, -0.15) is 0 Å². The molecule has 37 heavy (non-hydrogen) atoms. The fraction of sp³-hybridized carbons (Fsp3) is 0.417. The highest BCUT2D eigenvalue weighted by atomic mass is 19.2. The normalized spacial score (nSPS) is 18.9. The lowest BCUT2D eigenvalue weighted by atomic mass is 9.80. The molecule has 2 aromatic rings. The number of hydrogen-bond donors (Lipinski definition) is 4. The number of phenolic OH excluding ortho intramolecular Hbond substituents is 2. The Labute approximate surface area is 209 Å². The molecular weight excluding hydrogens is 497 g/mol. The molecule has 0 unspecified atom stereocenters. The number of carbonyl (C=O) groups is 2. The molecule has 4 N–H and O–H groups in total. The maximum atomic E-state index is 15.4. The van der Waals surface area contributed by atoms with E-state index >= 15 is 8.78 Å². The number of halogens is 3. The minimum absolute atomic E-state index is 0.00466. The highest BCUT2D eigenvalue weighted by Gasteiger charge is 2.42. The zero-order chi connectivity index (χ0) is 26.7. The van der Waals surface area contributed by atoms with E-state index in [9.17, 15) is 34.6 Å². The first-order valence-electron chi connectivity index (χ1n) is 12.0. The van der Waals surface area contributed by atoms with Gasteiger partial charge in [-0.15, -0.1) is 0 Å². The van der Waals surface area contributed by atoms with E-state index in [1.165, 1.54) is 0 Å². The third kappa shape index (κ3) is 4.07. The molecule has 2 aliphatic heterocycles. The number of nitrogens with zero attached hydrogens (tertiary/aromatic N) is 2. The Balaban J connectivity index is 1.60. The van der Waals surface area contributed by atoms with Gasteiger partial charge in [-0.25, -0.2) is 13.2 Å². The second-order valence-corrected chi connectivity index (χ2v) is 9.78. The van der Waals surface area contributed by atoms with Crippen LogP contribution in [0.25, 0.3) is 0 Å². The molecule has 0 bridgehead atoms. The first-order valence-corrected chi connectivity index (χ1v) is 12.0. The van der Waals surface area contributed by atoms with E-state index in [0.717, 1.165) is 12.8 Å². The van der Waals surface area contributed by atoms with Gasteiger partial charge in [0.2, 0.25) is 11.6 Å². The number of carbonyl (C=O) groups excluding carboxylic acids is 2. The van der Waals surface area contributed by atoms with Gasteiger partial charge in [-0.3, -0.25) is 9.59 Å². The summed E-state index contributed by atoms with van der Waals surface area (Å²) in [6, 6.07) is 0.440. The van der Waals surface area contributed by atoms with Gasteiger partial charge in [0.1, 0.15) is 5.75 Å². The van der Waals surface area contributed by atoms with Crippen molar-refractivity contribution in [3.8, 4) is 11.5 Å². The van der Waals surface area contributed by atoms with Crippen LogP contribution in [0.15, 0.2) is 6.07 Å². The van der Waals surface area contributed by atoms with Crippen molar-refractivity contribution in [2.45, 2.75) is 12.8 Å². The largest absolute Gasteiger partial charge is 0.633 e. The van der Waals surface area contributed by atoms with Crippen LogP contribution < -0.4 is 10.6 Å². The number of aromatic hydroxyl groups is 2. The number of benzene rings is 2. The van der Waals surface area contributed by atoms with Crippen LogP contribution in [0, 0.1) is 27.9 Å². The van der Waals surface area contributed by atoms with Crippen LogP contribution in [-0.4, -0.2) is 83.4 Å². The quantitative estimate of drug-likeness (QED) is 0.201. The topological polar surface area (TPSA) is 145 Å². The van der Waals surface area contributed by atoms with Crippen LogP contribution in [-0.2, 0) is 0 Å². The van der Waals surface area contributed by atoms with Gasteiger partial charge in [0.05, 0.1) is 86.0 Å². The van der Waals surface area contributed by atoms with Crippen molar-refractivity contribution in [1.82, 2.24) is 0 Å². The van der Waals surface area contributed by atoms with Crippen molar-refractivity contribution < 1.29 is 42.3 Å². The molecule has 0 amide bonds. The average Bonchev–Trinajstić information content (AvgIpc) is 2.81. The number of phenols is 2. The number of fused-ring (bicyclic) bond motifs is 2. The summed E-state index contributed by atoms with van der Waals surface area (Å²) < 4.78 is 43.8. The molecule has 2 saturated heterocycles. The molecule has 10 nitrogen and oxygen atoms in total. The fourth-order valence-electron chi connectivity index (χ4n) is 5.04. The third-order valence-electron chi connectivity index (χ3n) is 7.43. The minimum atomic E-state index is -1.53. The van der Waals surface area contributed by atoms with Gasteiger partial charge in [-0.05, 0) is 0 Å². The standard InChI is InChI=1S/C24H25F3N4O6/c25-12-11-13(32)14-17(22(12)33)24(35)16-15(23(14)34)20(28-3-9-30(36)5-1-6-30)18(26)19(27)21(16)29-4-10-31(37)7-2-8-31/h11,28-29,32-33H,1-10H2. The predicted molar refractivity (Wildman–Crippen MR) is 126 cm³/mol. The van der Waals surface area contributed by atoms with Crippen LogP contribution in [0.1, 0.15) is 44.7 Å². The van der Waals surface area contributed by atoms with Crippen molar-refractivity contribution in [1.29, 1.82) is 0 Å². The minimum Gasteiger partial charge on any atom is -0.633 e. The summed E-state index contributed by atoms with van der Waals surface area (Å²) in [5.74, 6) is -8.96. The number of ketones is 2. The van der Waals surface area contributed by atoms with E-state index in [1.54, 1.807) is 0 Å². The Bertz CT molecular complexity index is 1330. The lowest BCUT2D eigenvalue weighted by Gasteiger charge is -2.50. The maximum Gasteiger partial charge on any atom is 0.200 e. The van der Waals surface area contributed by atoms with E-state index in [4.69, 9.17) is 0 Å². The summed E-state index contributed by atoms with van der Waals surface area (Å²) in [6.07, 6.45) is 1.46. The van der Waals surface area contributed by atoms with Crippen LogP contribution in [0.2, 0.25) is 0 Å². The molecule has 2 fully saturated rings. The Kier molecular flexibility index (Phi) is 6.06. The molecule has 0 atom stereocenters. The van der Waals surface area contributed by atoms with E-state index in [1.807, 2.05) is 0 Å². The summed E-state index contributed by atoms with van der Waals surface area (Å²) in [6.45, 7) is 1.11. The monoisotopic (exact) mass is 522 g/mol. The molecule has 0 radical (unpaired) electrons. The SMILES string of the molecule is O=C1c2c(O)cc(F)c(O)c2C(=O)c2c(NCC[N+]3([O-])CCC3)c(F)c(F)c(NCC[N+]3([O-])CCC3)c21. The smallest absolute Gasteiger partial charge is 0.200 e. The van der Waals surface area contributed by atoms with Crippen LogP contribution in [0.5, 0.6) is 11.5 Å². The predicted octanol–water partition coefficient (Wildman–Crippen LogP) is 2.55. The second-order valence-electron chi connectivity index (χ2n) is 9.78. The number of hydrogen-bond acceptors (Lipinski definition) is 8. The number of quaternary nitrogens is 2. The molecule has 0 aromatic heterocycles. The lowest BCUT2D eigenvalue weighted by molar-refractivity contribution is -0.916. The second kappa shape index (κ2) is 8.87.